The summed E-state index contributed by atoms with van der Waals surface area (Å²) < 4.78 is 0. The van der Waals surface area contributed by atoms with Gasteiger partial charge in [-0.25, -0.2) is 4.79 Å². The van der Waals surface area contributed by atoms with Gasteiger partial charge < -0.3 is 10.2 Å². The molecule has 1 atom stereocenters. The van der Waals surface area contributed by atoms with Crippen LogP contribution in [0.4, 0.5) is 16.2 Å². The lowest BCUT2D eigenvalue weighted by Gasteiger charge is -2.33. The highest BCUT2D eigenvalue weighted by molar-refractivity contribution is 8.01. The second kappa shape index (κ2) is 8.02. The molecule has 1 N–H and O–H groups in total. The zero-order valence-corrected chi connectivity index (χ0v) is 19.0. The number of benzene rings is 3. The molecule has 0 aliphatic carbocycles. The number of fused-ring (bicyclic) bond motifs is 2. The Morgan fingerprint density at radius 3 is 2.47 bits per heavy atom. The van der Waals surface area contributed by atoms with Gasteiger partial charge in [-0.2, -0.15) is 0 Å². The van der Waals surface area contributed by atoms with Gasteiger partial charge in [-0.05, 0) is 37.6 Å². The number of thioether (sulfide) groups is 1. The molecular weight excluding hydrogens is 418 g/mol. The van der Waals surface area contributed by atoms with E-state index >= 15 is 0 Å². The van der Waals surface area contributed by atoms with E-state index in [0.29, 0.717) is 18.8 Å². The summed E-state index contributed by atoms with van der Waals surface area (Å²) in [5, 5.41) is 3.00. The molecule has 5 nitrogen and oxygen atoms in total. The van der Waals surface area contributed by atoms with Crippen LogP contribution in [0.1, 0.15) is 22.3 Å². The van der Waals surface area contributed by atoms with E-state index in [-0.39, 0.29) is 11.9 Å². The molecule has 2 aliphatic rings. The van der Waals surface area contributed by atoms with Gasteiger partial charge in [-0.1, -0.05) is 65.7 Å². The second-order valence-electron chi connectivity index (χ2n) is 8.34. The van der Waals surface area contributed by atoms with Crippen molar-refractivity contribution >= 4 is 35.1 Å². The first-order valence-corrected chi connectivity index (χ1v) is 11.7. The van der Waals surface area contributed by atoms with Crippen molar-refractivity contribution < 1.29 is 9.59 Å². The Bertz CT molecular complexity index is 1180. The Labute approximate surface area is 192 Å². The predicted octanol–water partition coefficient (Wildman–Crippen LogP) is 5.28. The van der Waals surface area contributed by atoms with Crippen molar-refractivity contribution in [2.45, 2.75) is 25.3 Å². The average Bonchev–Trinajstić information content (AvgIpc) is 3.33. The van der Waals surface area contributed by atoms with E-state index in [1.54, 1.807) is 16.7 Å². The van der Waals surface area contributed by atoms with E-state index in [9.17, 15) is 9.59 Å². The lowest BCUT2D eigenvalue weighted by molar-refractivity contribution is -0.123. The average molecular weight is 444 g/mol. The highest BCUT2D eigenvalue weighted by atomic mass is 32.2. The largest absolute Gasteiger partial charge is 0.323 e. The van der Waals surface area contributed by atoms with E-state index < -0.39 is 4.87 Å². The summed E-state index contributed by atoms with van der Waals surface area (Å²) in [5.74, 6) is 0.656. The van der Waals surface area contributed by atoms with E-state index in [1.165, 1.54) is 0 Å². The smallest absolute Gasteiger partial charge is 0.308 e. The van der Waals surface area contributed by atoms with Gasteiger partial charge in [0.05, 0.1) is 12.2 Å². The van der Waals surface area contributed by atoms with Crippen LogP contribution in [-0.2, 0) is 16.2 Å². The fraction of sp³-hybridized carbons (Fsp3) is 0.231. The Kier molecular flexibility index (Phi) is 5.18. The molecule has 1 spiro atoms. The maximum atomic E-state index is 14.0. The first-order chi connectivity index (χ1) is 15.5. The molecule has 32 heavy (non-hydrogen) atoms. The highest BCUT2D eigenvalue weighted by Crippen LogP contribution is 2.54. The number of hydrogen-bond donors (Lipinski definition) is 1. The SMILES string of the molecule is Cc1ccc(NC(=O)N2CCS[C@@]23C(=O)N(Cc2ccccc2)c2ccc(C)cc23)cc1. The quantitative estimate of drug-likeness (QED) is 0.599. The van der Waals surface area contributed by atoms with Crippen LogP contribution in [0.3, 0.4) is 0 Å². The Balaban J connectivity index is 1.53. The molecule has 0 unspecified atom stereocenters. The summed E-state index contributed by atoms with van der Waals surface area (Å²) >= 11 is 1.55. The van der Waals surface area contributed by atoms with Crippen LogP contribution >= 0.6 is 11.8 Å². The van der Waals surface area contributed by atoms with Crippen molar-refractivity contribution in [1.29, 1.82) is 0 Å². The van der Waals surface area contributed by atoms with Crippen LogP contribution < -0.4 is 10.2 Å². The predicted molar refractivity (Wildman–Crippen MR) is 130 cm³/mol. The number of anilines is 2. The Morgan fingerprint density at radius 1 is 1.00 bits per heavy atom. The molecular formula is C26H25N3O2S. The van der Waals surface area contributed by atoms with Crippen molar-refractivity contribution in [3.05, 3.63) is 95.1 Å². The number of amides is 3. The summed E-state index contributed by atoms with van der Waals surface area (Å²) in [4.78, 5) is 29.9. The van der Waals surface area contributed by atoms with Gasteiger partial charge >= 0.3 is 6.03 Å². The molecule has 0 radical (unpaired) electrons. The third kappa shape index (κ3) is 3.35. The molecule has 2 aliphatic heterocycles. The summed E-state index contributed by atoms with van der Waals surface area (Å²) in [5.41, 5.74) is 5.77. The molecule has 2 heterocycles. The lowest BCUT2D eigenvalue weighted by atomic mass is 10.0. The molecule has 3 aromatic rings. The van der Waals surface area contributed by atoms with E-state index in [0.717, 1.165) is 33.6 Å². The summed E-state index contributed by atoms with van der Waals surface area (Å²) in [6, 6.07) is 23.5. The van der Waals surface area contributed by atoms with E-state index in [4.69, 9.17) is 0 Å². The maximum absolute atomic E-state index is 14.0. The second-order valence-corrected chi connectivity index (χ2v) is 9.63. The van der Waals surface area contributed by atoms with Crippen LogP contribution in [0.25, 0.3) is 0 Å². The summed E-state index contributed by atoms with van der Waals surface area (Å²) in [6.45, 7) is 5.02. The normalized spacial score (nSPS) is 19.5. The van der Waals surface area contributed by atoms with Gasteiger partial charge in [0.1, 0.15) is 0 Å². The van der Waals surface area contributed by atoms with Crippen molar-refractivity contribution in [1.82, 2.24) is 4.90 Å². The summed E-state index contributed by atoms with van der Waals surface area (Å²) in [6.07, 6.45) is 0. The molecule has 5 rings (SSSR count). The highest BCUT2D eigenvalue weighted by Gasteiger charge is 2.59. The number of urea groups is 1. The molecule has 162 valence electrons. The Morgan fingerprint density at radius 2 is 1.72 bits per heavy atom. The molecule has 1 saturated heterocycles. The number of hydrogen-bond acceptors (Lipinski definition) is 3. The van der Waals surface area contributed by atoms with Crippen LogP contribution in [0.2, 0.25) is 0 Å². The molecule has 0 aromatic heterocycles. The number of aryl methyl sites for hydroxylation is 2. The third-order valence-corrected chi connectivity index (χ3v) is 7.50. The molecule has 3 aromatic carbocycles. The van der Waals surface area contributed by atoms with Gasteiger partial charge in [0.15, 0.2) is 4.87 Å². The van der Waals surface area contributed by atoms with Gasteiger partial charge in [-0.15, -0.1) is 11.8 Å². The van der Waals surface area contributed by atoms with Crippen LogP contribution in [0, 0.1) is 13.8 Å². The zero-order chi connectivity index (χ0) is 22.3. The van der Waals surface area contributed by atoms with Crippen LogP contribution in [0.5, 0.6) is 0 Å². The minimum atomic E-state index is -1.04. The van der Waals surface area contributed by atoms with Crippen molar-refractivity contribution in [2.75, 3.05) is 22.5 Å². The van der Waals surface area contributed by atoms with Crippen LogP contribution in [0.15, 0.2) is 72.8 Å². The fourth-order valence-corrected chi connectivity index (χ4v) is 5.93. The van der Waals surface area contributed by atoms with Gasteiger partial charge in [-0.3, -0.25) is 9.69 Å². The standard InChI is InChI=1S/C26H25N3O2S/c1-18-8-11-21(12-9-18)27-25(31)29-14-15-32-26(29)22-16-19(2)10-13-23(22)28(24(26)30)17-20-6-4-3-5-7-20/h3-13,16H,14-15,17H2,1-2H3,(H,27,31)/t26-/m0/s1. The monoisotopic (exact) mass is 443 g/mol. The summed E-state index contributed by atoms with van der Waals surface area (Å²) in [7, 11) is 0. The molecule has 3 amide bonds. The topological polar surface area (TPSA) is 52.7 Å². The van der Waals surface area contributed by atoms with Crippen molar-refractivity contribution in [3.8, 4) is 0 Å². The molecule has 1 fully saturated rings. The van der Waals surface area contributed by atoms with Crippen LogP contribution in [-0.4, -0.2) is 29.1 Å². The number of nitrogens with one attached hydrogen (secondary N) is 1. The maximum Gasteiger partial charge on any atom is 0.323 e. The Hall–Kier alpha value is -3.25. The molecule has 6 heteroatoms. The molecule has 0 saturated carbocycles. The van der Waals surface area contributed by atoms with Gasteiger partial charge in [0.2, 0.25) is 0 Å². The number of carbonyl (C=O) groups excluding carboxylic acids is 2. The van der Waals surface area contributed by atoms with Gasteiger partial charge in [0.25, 0.3) is 5.91 Å². The molecule has 0 bridgehead atoms. The number of rotatable bonds is 3. The van der Waals surface area contributed by atoms with E-state index in [1.807, 2.05) is 85.5 Å². The minimum Gasteiger partial charge on any atom is -0.308 e. The fourth-order valence-electron chi connectivity index (χ4n) is 4.48. The van der Waals surface area contributed by atoms with Crippen molar-refractivity contribution in [3.63, 3.8) is 0 Å². The lowest BCUT2D eigenvalue weighted by Crippen LogP contribution is -2.51. The third-order valence-electron chi connectivity index (χ3n) is 6.08. The number of nitrogens with zero attached hydrogens (tertiary/aromatic N) is 2. The minimum absolute atomic E-state index is 0.0523. The first kappa shape index (κ1) is 20.6. The number of carbonyl (C=O) groups is 2. The zero-order valence-electron chi connectivity index (χ0n) is 18.2. The van der Waals surface area contributed by atoms with E-state index in [2.05, 4.69) is 11.4 Å². The first-order valence-electron chi connectivity index (χ1n) is 10.8. The van der Waals surface area contributed by atoms with Crippen molar-refractivity contribution in [2.24, 2.45) is 0 Å². The van der Waals surface area contributed by atoms with Gasteiger partial charge in [0, 0.05) is 23.5 Å².